The van der Waals surface area contributed by atoms with Crippen molar-refractivity contribution in [3.05, 3.63) is 59.7 Å². The van der Waals surface area contributed by atoms with Gasteiger partial charge in [-0.3, -0.25) is 0 Å². The first-order valence-electron chi connectivity index (χ1n) is 11.0. The van der Waals surface area contributed by atoms with Crippen LogP contribution in [0.4, 0.5) is 0 Å². The predicted molar refractivity (Wildman–Crippen MR) is 126 cm³/mol. The van der Waals surface area contributed by atoms with E-state index in [1.807, 2.05) is 18.2 Å². The second kappa shape index (κ2) is 9.48. The van der Waals surface area contributed by atoms with Gasteiger partial charge in [-0.25, -0.2) is 9.59 Å². The molecule has 0 aliphatic heterocycles. The third-order valence-corrected chi connectivity index (χ3v) is 6.68. The van der Waals surface area contributed by atoms with Gasteiger partial charge in [0.25, 0.3) is 0 Å². The summed E-state index contributed by atoms with van der Waals surface area (Å²) in [5, 5.41) is 2.33. The van der Waals surface area contributed by atoms with Gasteiger partial charge in [0.05, 0.1) is 0 Å². The zero-order chi connectivity index (χ0) is 23.6. The van der Waals surface area contributed by atoms with Crippen molar-refractivity contribution in [1.29, 1.82) is 0 Å². The fourth-order valence-electron chi connectivity index (χ4n) is 5.12. The van der Waals surface area contributed by atoms with E-state index < -0.39 is 11.9 Å². The van der Waals surface area contributed by atoms with Gasteiger partial charge in [0, 0.05) is 39.1 Å². The van der Waals surface area contributed by atoms with Crippen molar-refractivity contribution in [3.63, 3.8) is 0 Å². The lowest BCUT2D eigenvalue weighted by Crippen LogP contribution is -2.20. The van der Waals surface area contributed by atoms with Crippen LogP contribution in [0.15, 0.2) is 43.5 Å². The Bertz CT molecular complexity index is 1120. The Morgan fingerprint density at radius 3 is 2.30 bits per heavy atom. The molecule has 2 aromatic rings. The Labute approximate surface area is 198 Å². The van der Waals surface area contributed by atoms with Crippen LogP contribution in [-0.2, 0) is 24.5 Å². The Morgan fingerprint density at radius 2 is 1.67 bits per heavy atom. The summed E-state index contributed by atoms with van der Waals surface area (Å²) in [6.45, 7) is 9.77. The van der Waals surface area contributed by atoms with Crippen LogP contribution in [0.1, 0.15) is 43.2 Å². The molecule has 4 rings (SSSR count). The van der Waals surface area contributed by atoms with Gasteiger partial charge in [0.15, 0.2) is 0 Å². The molecule has 2 atom stereocenters. The Kier molecular flexibility index (Phi) is 6.66. The SMILES string of the molecule is C=CC(=O)OCCOc1c2c(c(OCCOC(=O)C=C)c3ccc(Cl)cc13)C1(C)CCC2C1. The summed E-state index contributed by atoms with van der Waals surface area (Å²) in [4.78, 5) is 22.8. The third-order valence-electron chi connectivity index (χ3n) is 6.45. The smallest absolute Gasteiger partial charge is 0.330 e. The standard InChI is InChI=1S/C26H27ClO6/c1-4-20(28)30-10-12-32-24-19-14-17(27)6-7-18(19)25(33-13-11-31-21(29)5-2)23-22(24)16-8-9-26(23,3)15-16/h4-7,14,16H,1-2,8-13,15H2,3H3. The molecule has 33 heavy (non-hydrogen) atoms. The number of carbonyl (C=O) groups is 2. The highest BCUT2D eigenvalue weighted by Crippen LogP contribution is 2.64. The number of fused-ring (bicyclic) bond motifs is 6. The van der Waals surface area contributed by atoms with E-state index in [1.165, 1.54) is 0 Å². The van der Waals surface area contributed by atoms with Gasteiger partial charge in [-0.05, 0) is 48.8 Å². The molecule has 0 amide bonds. The van der Waals surface area contributed by atoms with Crippen molar-refractivity contribution in [2.75, 3.05) is 26.4 Å². The first kappa shape index (κ1) is 23.2. The molecule has 1 saturated carbocycles. The first-order valence-corrected chi connectivity index (χ1v) is 11.4. The van der Waals surface area contributed by atoms with E-state index in [1.54, 1.807) is 0 Å². The molecule has 2 aliphatic carbocycles. The van der Waals surface area contributed by atoms with Crippen LogP contribution in [0.25, 0.3) is 10.8 Å². The maximum absolute atomic E-state index is 11.4. The van der Waals surface area contributed by atoms with E-state index in [9.17, 15) is 9.59 Å². The topological polar surface area (TPSA) is 71.1 Å². The minimum Gasteiger partial charge on any atom is -0.489 e. The molecule has 1 fully saturated rings. The van der Waals surface area contributed by atoms with Crippen molar-refractivity contribution in [3.8, 4) is 11.5 Å². The van der Waals surface area contributed by atoms with Crippen LogP contribution < -0.4 is 9.47 Å². The zero-order valence-electron chi connectivity index (χ0n) is 18.7. The minimum atomic E-state index is -0.482. The second-order valence-electron chi connectivity index (χ2n) is 8.58. The van der Waals surface area contributed by atoms with Crippen LogP contribution in [0, 0.1) is 0 Å². The highest BCUT2D eigenvalue weighted by atomic mass is 35.5. The Hall–Kier alpha value is -2.99. The Balaban J connectivity index is 1.72. The van der Waals surface area contributed by atoms with Gasteiger partial charge >= 0.3 is 11.9 Å². The van der Waals surface area contributed by atoms with E-state index >= 15 is 0 Å². The van der Waals surface area contributed by atoms with E-state index in [4.69, 9.17) is 30.5 Å². The molecule has 7 heteroatoms. The summed E-state index contributed by atoms with van der Waals surface area (Å²) in [6.07, 6.45) is 5.43. The highest BCUT2D eigenvalue weighted by Gasteiger charge is 2.50. The number of ether oxygens (including phenoxy) is 4. The molecule has 0 aromatic heterocycles. The van der Waals surface area contributed by atoms with E-state index in [0.29, 0.717) is 10.9 Å². The zero-order valence-corrected chi connectivity index (χ0v) is 19.4. The number of hydrogen-bond acceptors (Lipinski definition) is 6. The molecule has 6 nitrogen and oxygen atoms in total. The summed E-state index contributed by atoms with van der Waals surface area (Å²) in [6, 6.07) is 5.64. The predicted octanol–water partition coefficient (Wildman–Crippen LogP) is 5.25. The van der Waals surface area contributed by atoms with Crippen LogP contribution in [0.5, 0.6) is 11.5 Å². The van der Waals surface area contributed by atoms with Crippen LogP contribution in [-0.4, -0.2) is 38.4 Å². The van der Waals surface area contributed by atoms with Gasteiger partial charge in [-0.2, -0.15) is 0 Å². The van der Waals surface area contributed by atoms with Crippen molar-refractivity contribution in [2.45, 2.75) is 37.5 Å². The molecular formula is C26H27ClO6. The maximum atomic E-state index is 11.4. The number of esters is 2. The molecule has 2 aliphatic rings. The number of halogens is 1. The average molecular weight is 471 g/mol. The lowest BCUT2D eigenvalue weighted by Gasteiger charge is -2.30. The molecule has 2 unspecified atom stereocenters. The summed E-state index contributed by atoms with van der Waals surface area (Å²) in [5.41, 5.74) is 2.28. The van der Waals surface area contributed by atoms with Crippen LogP contribution in [0.3, 0.4) is 0 Å². The number of rotatable bonds is 10. The van der Waals surface area contributed by atoms with Crippen molar-refractivity contribution >= 4 is 34.3 Å². The summed E-state index contributed by atoms with van der Waals surface area (Å²) in [7, 11) is 0. The third kappa shape index (κ3) is 4.44. The Morgan fingerprint density at radius 1 is 1.03 bits per heavy atom. The average Bonchev–Trinajstić information content (AvgIpc) is 3.33. The number of carbonyl (C=O) groups excluding carboxylic acids is 2. The lowest BCUT2D eigenvalue weighted by molar-refractivity contribution is -0.139. The van der Waals surface area contributed by atoms with E-state index in [-0.39, 0.29) is 31.8 Å². The molecule has 0 radical (unpaired) electrons. The first-order chi connectivity index (χ1) is 15.9. The fraction of sp³-hybridized carbons (Fsp3) is 0.385. The fourth-order valence-corrected chi connectivity index (χ4v) is 5.29. The van der Waals surface area contributed by atoms with Gasteiger partial charge in [-0.1, -0.05) is 31.7 Å². The van der Waals surface area contributed by atoms with Crippen LogP contribution >= 0.6 is 11.6 Å². The van der Waals surface area contributed by atoms with Crippen molar-refractivity contribution in [1.82, 2.24) is 0 Å². The van der Waals surface area contributed by atoms with Gasteiger partial charge in [-0.15, -0.1) is 0 Å². The normalized spacial score (nSPS) is 20.2. The molecule has 0 spiro atoms. The summed E-state index contributed by atoms with van der Waals surface area (Å²) in [5.74, 6) is 0.967. The summed E-state index contributed by atoms with van der Waals surface area (Å²) >= 11 is 6.36. The number of benzene rings is 2. The van der Waals surface area contributed by atoms with Crippen LogP contribution in [0.2, 0.25) is 5.02 Å². The quantitative estimate of drug-likeness (QED) is 0.268. The number of hydrogen-bond donors (Lipinski definition) is 0. The van der Waals surface area contributed by atoms with E-state index in [0.717, 1.165) is 64.8 Å². The molecular weight excluding hydrogens is 444 g/mol. The molecule has 0 saturated heterocycles. The second-order valence-corrected chi connectivity index (χ2v) is 9.01. The minimum absolute atomic E-state index is 0.0195. The molecule has 0 N–H and O–H groups in total. The monoisotopic (exact) mass is 470 g/mol. The summed E-state index contributed by atoms with van der Waals surface area (Å²) < 4.78 is 22.7. The van der Waals surface area contributed by atoms with Gasteiger partial charge in [0.1, 0.15) is 37.9 Å². The van der Waals surface area contributed by atoms with E-state index in [2.05, 4.69) is 20.1 Å². The molecule has 174 valence electrons. The van der Waals surface area contributed by atoms with Crippen molar-refractivity contribution < 1.29 is 28.5 Å². The lowest BCUT2D eigenvalue weighted by atomic mass is 9.78. The van der Waals surface area contributed by atoms with Gasteiger partial charge in [0.2, 0.25) is 0 Å². The highest BCUT2D eigenvalue weighted by molar-refractivity contribution is 6.31. The van der Waals surface area contributed by atoms with Gasteiger partial charge < -0.3 is 18.9 Å². The molecule has 0 heterocycles. The van der Waals surface area contributed by atoms with Crippen molar-refractivity contribution in [2.24, 2.45) is 0 Å². The largest absolute Gasteiger partial charge is 0.489 e. The molecule has 2 aromatic carbocycles. The maximum Gasteiger partial charge on any atom is 0.330 e. The molecule has 2 bridgehead atoms.